The molecule has 0 spiro atoms. The van der Waals surface area contributed by atoms with E-state index in [9.17, 15) is 14.4 Å². The van der Waals surface area contributed by atoms with Gasteiger partial charge in [0.05, 0.1) is 7.11 Å². The largest absolute Gasteiger partial charge is 0.468 e. The second-order valence-electron chi connectivity index (χ2n) is 6.20. The number of nitrogens with one attached hydrogen (secondary N) is 2. The third-order valence-electron chi connectivity index (χ3n) is 4.31. The maximum absolute atomic E-state index is 12.2. The van der Waals surface area contributed by atoms with Gasteiger partial charge in [-0.05, 0) is 41.8 Å². The van der Waals surface area contributed by atoms with Gasteiger partial charge >= 0.3 is 5.97 Å². The molecular weight excluding hydrogens is 358 g/mol. The van der Waals surface area contributed by atoms with Gasteiger partial charge < -0.3 is 19.9 Å². The zero-order valence-corrected chi connectivity index (χ0v) is 15.5. The lowest BCUT2D eigenvalue weighted by atomic mass is 10.2. The Morgan fingerprint density at radius 1 is 1.00 bits per heavy atom. The number of anilines is 1. The highest BCUT2D eigenvalue weighted by Crippen LogP contribution is 2.16. The van der Waals surface area contributed by atoms with Crippen molar-refractivity contribution in [1.82, 2.24) is 9.88 Å². The van der Waals surface area contributed by atoms with Gasteiger partial charge in [0.2, 0.25) is 5.91 Å². The molecule has 2 amide bonds. The fourth-order valence-corrected chi connectivity index (χ4v) is 2.81. The van der Waals surface area contributed by atoms with Crippen LogP contribution in [0.1, 0.15) is 16.8 Å². The summed E-state index contributed by atoms with van der Waals surface area (Å²) in [6.07, 6.45) is 2.31. The average molecular weight is 379 g/mol. The highest BCUT2D eigenvalue weighted by molar-refractivity contribution is 5.97. The van der Waals surface area contributed by atoms with E-state index in [0.717, 1.165) is 10.9 Å². The molecule has 3 rings (SSSR count). The van der Waals surface area contributed by atoms with Gasteiger partial charge in [0.15, 0.2) is 0 Å². The lowest BCUT2D eigenvalue weighted by Crippen LogP contribution is -2.30. The summed E-state index contributed by atoms with van der Waals surface area (Å²) < 4.78 is 6.52. The Kier molecular flexibility index (Phi) is 6.06. The molecule has 0 bridgehead atoms. The molecule has 7 nitrogen and oxygen atoms in total. The van der Waals surface area contributed by atoms with Crippen molar-refractivity contribution < 1.29 is 19.1 Å². The molecule has 144 valence electrons. The number of hydrogen-bond acceptors (Lipinski definition) is 4. The molecule has 0 aliphatic heterocycles. The van der Waals surface area contributed by atoms with Gasteiger partial charge in [0.25, 0.3) is 5.91 Å². The number of methoxy groups -OCH3 is 1. The first kappa shape index (κ1) is 19.2. The van der Waals surface area contributed by atoms with Gasteiger partial charge in [-0.15, -0.1) is 0 Å². The molecule has 0 saturated carbocycles. The van der Waals surface area contributed by atoms with Crippen LogP contribution in [0.5, 0.6) is 0 Å². The van der Waals surface area contributed by atoms with Gasteiger partial charge in [0.1, 0.15) is 6.54 Å². The first-order valence-corrected chi connectivity index (χ1v) is 8.85. The maximum atomic E-state index is 12.2. The Labute approximate surface area is 162 Å². The number of ether oxygens (including phenoxy) is 1. The molecule has 2 aromatic carbocycles. The highest BCUT2D eigenvalue weighted by atomic mass is 16.5. The van der Waals surface area contributed by atoms with E-state index in [1.54, 1.807) is 24.3 Å². The van der Waals surface area contributed by atoms with Crippen LogP contribution in [0.3, 0.4) is 0 Å². The third kappa shape index (κ3) is 4.76. The number of hydrogen-bond donors (Lipinski definition) is 2. The third-order valence-corrected chi connectivity index (χ3v) is 4.31. The summed E-state index contributed by atoms with van der Waals surface area (Å²) in [7, 11) is 1.25. The Balaban J connectivity index is 1.51. The Hall–Kier alpha value is -3.61. The van der Waals surface area contributed by atoms with Crippen molar-refractivity contribution in [3.8, 4) is 0 Å². The first-order valence-electron chi connectivity index (χ1n) is 8.85. The van der Waals surface area contributed by atoms with Crippen LogP contribution < -0.4 is 10.6 Å². The van der Waals surface area contributed by atoms with Crippen molar-refractivity contribution in [2.24, 2.45) is 0 Å². The minimum absolute atomic E-state index is 0.110. The number of aromatic nitrogens is 1. The molecule has 1 heterocycles. The number of carbonyl (C=O) groups is 3. The Morgan fingerprint density at radius 2 is 1.75 bits per heavy atom. The molecule has 0 saturated heterocycles. The number of aryl methyl sites for hydroxylation is 1. The SMILES string of the molecule is COC(=O)CNC(=O)c1ccc(NC(=O)CCn2ccc3ccccc32)cc1. The van der Waals surface area contributed by atoms with Gasteiger partial charge in [0, 0.05) is 35.9 Å². The lowest BCUT2D eigenvalue weighted by molar-refractivity contribution is -0.139. The van der Waals surface area contributed by atoms with Crippen LogP contribution in [0.25, 0.3) is 10.9 Å². The van der Waals surface area contributed by atoms with Crippen LogP contribution in [0, 0.1) is 0 Å². The van der Waals surface area contributed by atoms with Gasteiger partial charge in [-0.2, -0.15) is 0 Å². The fraction of sp³-hybridized carbons (Fsp3) is 0.190. The zero-order valence-electron chi connectivity index (χ0n) is 15.5. The molecule has 2 N–H and O–H groups in total. The minimum Gasteiger partial charge on any atom is -0.468 e. The molecular formula is C21H21N3O4. The molecule has 3 aromatic rings. The number of nitrogens with zero attached hydrogens (tertiary/aromatic N) is 1. The van der Waals surface area contributed by atoms with Crippen LogP contribution >= 0.6 is 0 Å². The molecule has 0 aliphatic carbocycles. The number of amides is 2. The van der Waals surface area contributed by atoms with Gasteiger partial charge in [-0.1, -0.05) is 18.2 Å². The predicted molar refractivity (Wildman–Crippen MR) is 106 cm³/mol. The summed E-state index contributed by atoms with van der Waals surface area (Å²) in [4.78, 5) is 35.2. The average Bonchev–Trinajstić information content (AvgIpc) is 3.14. The minimum atomic E-state index is -0.521. The molecule has 7 heteroatoms. The first-order chi connectivity index (χ1) is 13.6. The van der Waals surface area contributed by atoms with E-state index in [1.807, 2.05) is 41.1 Å². The molecule has 0 fully saturated rings. The summed E-state index contributed by atoms with van der Waals surface area (Å²) in [6.45, 7) is 0.384. The van der Waals surface area contributed by atoms with Crippen molar-refractivity contribution in [2.75, 3.05) is 19.0 Å². The van der Waals surface area contributed by atoms with E-state index in [-0.39, 0.29) is 18.4 Å². The van der Waals surface area contributed by atoms with Crippen molar-refractivity contribution in [3.63, 3.8) is 0 Å². The summed E-state index contributed by atoms with van der Waals surface area (Å²) in [5.41, 5.74) is 2.09. The summed E-state index contributed by atoms with van der Waals surface area (Å²) >= 11 is 0. The van der Waals surface area contributed by atoms with Crippen LogP contribution in [0.2, 0.25) is 0 Å². The molecule has 1 aromatic heterocycles. The fourth-order valence-electron chi connectivity index (χ4n) is 2.81. The molecule has 0 radical (unpaired) electrons. The number of benzene rings is 2. The summed E-state index contributed by atoms with van der Waals surface area (Å²) in [6, 6.07) is 16.5. The predicted octanol–water partition coefficient (Wildman–Crippen LogP) is 2.57. The normalized spacial score (nSPS) is 10.5. The monoisotopic (exact) mass is 379 g/mol. The van der Waals surface area contributed by atoms with E-state index < -0.39 is 5.97 Å². The van der Waals surface area contributed by atoms with E-state index >= 15 is 0 Å². The van der Waals surface area contributed by atoms with Crippen molar-refractivity contribution in [2.45, 2.75) is 13.0 Å². The molecule has 0 aliphatic rings. The number of carbonyl (C=O) groups excluding carboxylic acids is 3. The summed E-state index contributed by atoms with van der Waals surface area (Å²) in [5, 5.41) is 6.42. The van der Waals surface area contributed by atoms with Crippen molar-refractivity contribution >= 4 is 34.4 Å². The van der Waals surface area contributed by atoms with Gasteiger partial charge in [-0.3, -0.25) is 14.4 Å². The zero-order chi connectivity index (χ0) is 19.9. The number of esters is 1. The van der Waals surface area contributed by atoms with Crippen molar-refractivity contribution in [3.05, 3.63) is 66.4 Å². The smallest absolute Gasteiger partial charge is 0.325 e. The second-order valence-corrected chi connectivity index (χ2v) is 6.20. The maximum Gasteiger partial charge on any atom is 0.325 e. The lowest BCUT2D eigenvalue weighted by Gasteiger charge is -2.08. The van der Waals surface area contributed by atoms with Gasteiger partial charge in [-0.25, -0.2) is 0 Å². The molecule has 0 atom stereocenters. The Bertz CT molecular complexity index is 992. The Morgan fingerprint density at radius 3 is 2.50 bits per heavy atom. The molecule has 28 heavy (non-hydrogen) atoms. The standard InChI is InChI=1S/C21H21N3O4/c1-28-20(26)14-22-21(27)16-6-8-17(9-7-16)23-19(25)11-13-24-12-10-15-4-2-3-5-18(15)24/h2-10,12H,11,13-14H2,1H3,(H,22,27)(H,23,25). The number of fused-ring (bicyclic) bond motifs is 1. The summed E-state index contributed by atoms with van der Waals surface area (Å²) in [5.74, 6) is -1.02. The quantitative estimate of drug-likeness (QED) is 0.618. The topological polar surface area (TPSA) is 89.4 Å². The van der Waals surface area contributed by atoms with Crippen molar-refractivity contribution in [1.29, 1.82) is 0 Å². The van der Waals surface area contributed by atoms with Crippen LogP contribution in [-0.2, 0) is 20.9 Å². The molecule has 0 unspecified atom stereocenters. The van der Waals surface area contributed by atoms with Crippen LogP contribution in [0.4, 0.5) is 5.69 Å². The van der Waals surface area contributed by atoms with Crippen LogP contribution in [0.15, 0.2) is 60.8 Å². The van der Waals surface area contributed by atoms with E-state index in [1.165, 1.54) is 7.11 Å². The van der Waals surface area contributed by atoms with E-state index in [0.29, 0.717) is 24.2 Å². The highest BCUT2D eigenvalue weighted by Gasteiger charge is 2.09. The second kappa shape index (κ2) is 8.85. The number of rotatable bonds is 7. The van der Waals surface area contributed by atoms with E-state index in [2.05, 4.69) is 15.4 Å². The van der Waals surface area contributed by atoms with Crippen LogP contribution in [-0.4, -0.2) is 36.0 Å². The number of para-hydroxylation sites is 1. The van der Waals surface area contributed by atoms with E-state index in [4.69, 9.17) is 0 Å².